The molecule has 0 saturated heterocycles. The maximum atomic E-state index is 12.5. The Kier molecular flexibility index (Phi) is 4.66. The number of rotatable bonds is 5. The standard InChI is InChI=1S/C22H19N3O2/c26-21(16-6-7-16)24-18-8-10-19(11-9-18)25-22(27)20-14-17(12-13-23-20)15-4-2-1-3-5-15/h1-5,8-14,16H,6-7H2,(H,24,26)(H,25,27). The maximum absolute atomic E-state index is 12.5. The van der Waals surface area contributed by atoms with Gasteiger partial charge in [0, 0.05) is 23.5 Å². The van der Waals surface area contributed by atoms with Crippen molar-refractivity contribution in [3.8, 4) is 11.1 Å². The van der Waals surface area contributed by atoms with Gasteiger partial charge in [0.25, 0.3) is 5.91 Å². The molecule has 2 amide bonds. The van der Waals surface area contributed by atoms with Crippen LogP contribution in [0.4, 0.5) is 11.4 Å². The average Bonchev–Trinajstić information content (AvgIpc) is 3.56. The van der Waals surface area contributed by atoms with Gasteiger partial charge >= 0.3 is 0 Å². The average molecular weight is 357 g/mol. The molecule has 5 nitrogen and oxygen atoms in total. The molecule has 27 heavy (non-hydrogen) atoms. The summed E-state index contributed by atoms with van der Waals surface area (Å²) < 4.78 is 0. The summed E-state index contributed by atoms with van der Waals surface area (Å²) in [7, 11) is 0. The molecule has 4 rings (SSSR count). The molecule has 2 N–H and O–H groups in total. The smallest absolute Gasteiger partial charge is 0.274 e. The Morgan fingerprint density at radius 1 is 0.815 bits per heavy atom. The number of pyridine rings is 1. The van der Waals surface area contributed by atoms with Crippen LogP contribution in [0.3, 0.4) is 0 Å². The van der Waals surface area contributed by atoms with Crippen LogP contribution in [0, 0.1) is 5.92 Å². The Bertz CT molecular complexity index is 964. The monoisotopic (exact) mass is 357 g/mol. The third-order valence-corrected chi connectivity index (χ3v) is 4.46. The first-order valence-electron chi connectivity index (χ1n) is 8.93. The van der Waals surface area contributed by atoms with Gasteiger partial charge in [0.15, 0.2) is 0 Å². The van der Waals surface area contributed by atoms with E-state index in [1.165, 1.54) is 0 Å². The molecular formula is C22H19N3O2. The Morgan fingerprint density at radius 2 is 1.48 bits per heavy atom. The lowest BCUT2D eigenvalue weighted by Crippen LogP contribution is -2.14. The minimum absolute atomic E-state index is 0.0636. The first kappa shape index (κ1) is 17.0. The van der Waals surface area contributed by atoms with Crippen LogP contribution >= 0.6 is 0 Å². The molecular weight excluding hydrogens is 338 g/mol. The predicted octanol–water partition coefficient (Wildman–Crippen LogP) is 4.35. The molecule has 1 saturated carbocycles. The van der Waals surface area contributed by atoms with E-state index in [0.29, 0.717) is 11.4 Å². The molecule has 0 aliphatic heterocycles. The first-order valence-corrected chi connectivity index (χ1v) is 8.93. The highest BCUT2D eigenvalue weighted by Crippen LogP contribution is 2.30. The second kappa shape index (κ2) is 7.41. The molecule has 1 aliphatic carbocycles. The van der Waals surface area contributed by atoms with E-state index >= 15 is 0 Å². The van der Waals surface area contributed by atoms with Crippen LogP contribution < -0.4 is 10.6 Å². The molecule has 1 aliphatic rings. The van der Waals surface area contributed by atoms with Crippen molar-refractivity contribution in [3.05, 3.63) is 78.6 Å². The van der Waals surface area contributed by atoms with Gasteiger partial charge in [0.2, 0.25) is 5.91 Å². The van der Waals surface area contributed by atoms with Crippen LogP contribution in [-0.2, 0) is 4.79 Å². The maximum Gasteiger partial charge on any atom is 0.274 e. The molecule has 0 atom stereocenters. The number of hydrogen-bond donors (Lipinski definition) is 2. The van der Waals surface area contributed by atoms with Crippen molar-refractivity contribution >= 4 is 23.2 Å². The van der Waals surface area contributed by atoms with Crippen molar-refractivity contribution in [1.82, 2.24) is 4.98 Å². The number of amides is 2. The highest BCUT2D eigenvalue weighted by Gasteiger charge is 2.29. The van der Waals surface area contributed by atoms with Crippen LogP contribution in [0.1, 0.15) is 23.3 Å². The summed E-state index contributed by atoms with van der Waals surface area (Å²) in [6.07, 6.45) is 3.57. The summed E-state index contributed by atoms with van der Waals surface area (Å²) in [5.41, 5.74) is 3.70. The van der Waals surface area contributed by atoms with Crippen LogP contribution in [0.15, 0.2) is 72.9 Å². The highest BCUT2D eigenvalue weighted by molar-refractivity contribution is 6.03. The van der Waals surface area contributed by atoms with Crippen LogP contribution in [0.2, 0.25) is 0 Å². The first-order chi connectivity index (χ1) is 13.2. The minimum Gasteiger partial charge on any atom is -0.326 e. The number of carbonyl (C=O) groups excluding carboxylic acids is 2. The van der Waals surface area contributed by atoms with E-state index in [4.69, 9.17) is 0 Å². The molecule has 1 aromatic heterocycles. The second-order valence-corrected chi connectivity index (χ2v) is 6.59. The zero-order valence-corrected chi connectivity index (χ0v) is 14.7. The van der Waals surface area contributed by atoms with Gasteiger partial charge in [0.1, 0.15) is 5.69 Å². The van der Waals surface area contributed by atoms with Gasteiger partial charge in [-0.25, -0.2) is 0 Å². The number of anilines is 2. The number of nitrogens with one attached hydrogen (secondary N) is 2. The molecule has 2 aromatic carbocycles. The number of nitrogens with zero attached hydrogens (tertiary/aromatic N) is 1. The summed E-state index contributed by atoms with van der Waals surface area (Å²) in [4.78, 5) is 28.5. The van der Waals surface area contributed by atoms with E-state index < -0.39 is 0 Å². The molecule has 0 bridgehead atoms. The lowest BCUT2D eigenvalue weighted by Gasteiger charge is -2.08. The van der Waals surface area contributed by atoms with Gasteiger partial charge in [-0.05, 0) is 60.4 Å². The molecule has 0 spiro atoms. The summed E-state index contributed by atoms with van der Waals surface area (Å²) in [6, 6.07) is 20.6. The normalized spacial score (nSPS) is 13.0. The lowest BCUT2D eigenvalue weighted by atomic mass is 10.1. The van der Waals surface area contributed by atoms with E-state index in [2.05, 4.69) is 15.6 Å². The number of hydrogen-bond acceptors (Lipinski definition) is 3. The van der Waals surface area contributed by atoms with Crippen molar-refractivity contribution in [2.75, 3.05) is 10.6 Å². The number of benzene rings is 2. The van der Waals surface area contributed by atoms with E-state index in [9.17, 15) is 9.59 Å². The Morgan fingerprint density at radius 3 is 2.15 bits per heavy atom. The minimum atomic E-state index is -0.275. The fourth-order valence-corrected chi connectivity index (χ4v) is 2.79. The molecule has 134 valence electrons. The zero-order chi connectivity index (χ0) is 18.6. The fraction of sp³-hybridized carbons (Fsp3) is 0.136. The van der Waals surface area contributed by atoms with Crippen molar-refractivity contribution in [2.24, 2.45) is 5.92 Å². The van der Waals surface area contributed by atoms with Gasteiger partial charge in [0.05, 0.1) is 0 Å². The molecule has 3 aromatic rings. The Hall–Kier alpha value is -3.47. The third-order valence-electron chi connectivity index (χ3n) is 4.46. The van der Waals surface area contributed by atoms with Crippen molar-refractivity contribution < 1.29 is 9.59 Å². The van der Waals surface area contributed by atoms with Gasteiger partial charge in [-0.1, -0.05) is 30.3 Å². The largest absolute Gasteiger partial charge is 0.326 e. The van der Waals surface area contributed by atoms with E-state index in [1.54, 1.807) is 36.5 Å². The zero-order valence-electron chi connectivity index (χ0n) is 14.7. The summed E-state index contributed by atoms with van der Waals surface area (Å²) in [5.74, 6) is -0.0522. The van der Waals surface area contributed by atoms with E-state index in [1.807, 2.05) is 36.4 Å². The van der Waals surface area contributed by atoms with Gasteiger partial charge in [-0.2, -0.15) is 0 Å². The van der Waals surface area contributed by atoms with Crippen LogP contribution in [0.25, 0.3) is 11.1 Å². The van der Waals surface area contributed by atoms with Crippen molar-refractivity contribution in [2.45, 2.75) is 12.8 Å². The molecule has 1 heterocycles. The lowest BCUT2D eigenvalue weighted by molar-refractivity contribution is -0.117. The van der Waals surface area contributed by atoms with Crippen molar-refractivity contribution in [3.63, 3.8) is 0 Å². The molecule has 1 fully saturated rings. The Balaban J connectivity index is 1.43. The van der Waals surface area contributed by atoms with Gasteiger partial charge in [-0.3, -0.25) is 14.6 Å². The summed E-state index contributed by atoms with van der Waals surface area (Å²) in [6.45, 7) is 0. The fourth-order valence-electron chi connectivity index (χ4n) is 2.79. The molecule has 0 radical (unpaired) electrons. The quantitative estimate of drug-likeness (QED) is 0.713. The number of carbonyl (C=O) groups is 2. The summed E-state index contributed by atoms with van der Waals surface area (Å²) >= 11 is 0. The highest BCUT2D eigenvalue weighted by atomic mass is 16.2. The predicted molar refractivity (Wildman–Crippen MR) is 105 cm³/mol. The third kappa shape index (κ3) is 4.20. The topological polar surface area (TPSA) is 71.1 Å². The summed E-state index contributed by atoms with van der Waals surface area (Å²) in [5, 5.41) is 5.72. The van der Waals surface area contributed by atoms with Gasteiger partial charge in [-0.15, -0.1) is 0 Å². The van der Waals surface area contributed by atoms with Crippen molar-refractivity contribution in [1.29, 1.82) is 0 Å². The molecule has 5 heteroatoms. The van der Waals surface area contributed by atoms with E-state index in [0.717, 1.165) is 29.7 Å². The van der Waals surface area contributed by atoms with Crippen LogP contribution in [0.5, 0.6) is 0 Å². The second-order valence-electron chi connectivity index (χ2n) is 6.59. The van der Waals surface area contributed by atoms with Crippen LogP contribution in [-0.4, -0.2) is 16.8 Å². The Labute approximate surface area is 157 Å². The van der Waals surface area contributed by atoms with Gasteiger partial charge < -0.3 is 10.6 Å². The molecule has 0 unspecified atom stereocenters. The SMILES string of the molecule is O=C(Nc1ccc(NC(=O)C2CC2)cc1)c1cc(-c2ccccc2)ccn1. The van der Waals surface area contributed by atoms with E-state index in [-0.39, 0.29) is 17.7 Å². The number of aromatic nitrogens is 1.